The zero-order chi connectivity index (χ0) is 16.9. The number of oxazole rings is 1. The third-order valence-electron chi connectivity index (χ3n) is 3.86. The quantitative estimate of drug-likeness (QED) is 0.786. The molecule has 1 fully saturated rings. The maximum atomic E-state index is 13.5. The molecule has 0 radical (unpaired) electrons. The molecule has 3 rings (SSSR count). The monoisotopic (exact) mass is 326 g/mol. The molecule has 126 valence electrons. The summed E-state index contributed by atoms with van der Waals surface area (Å²) < 4.78 is 45.2. The molecular weight excluding hydrogens is 305 g/mol. The Morgan fingerprint density at radius 2 is 1.96 bits per heavy atom. The second-order valence-corrected chi connectivity index (χ2v) is 5.45. The van der Waals surface area contributed by atoms with Crippen molar-refractivity contribution in [1.82, 2.24) is 9.97 Å². The number of pyridine rings is 1. The predicted molar refractivity (Wildman–Crippen MR) is 81.0 cm³/mol. The minimum absolute atomic E-state index is 0.0688. The fraction of sp³-hybridized carbons (Fsp3) is 0.529. The molecule has 0 aromatic carbocycles. The third kappa shape index (κ3) is 4.56. The summed E-state index contributed by atoms with van der Waals surface area (Å²) in [4.78, 5) is 8.01. The van der Waals surface area contributed by atoms with E-state index in [-0.39, 0.29) is 24.6 Å². The van der Waals surface area contributed by atoms with Crippen molar-refractivity contribution in [2.24, 2.45) is 0 Å². The zero-order valence-corrected chi connectivity index (χ0v) is 13.4. The number of hydrogen-bond acceptors (Lipinski definition) is 3. The average Bonchev–Trinajstić information content (AvgIpc) is 3.00. The summed E-state index contributed by atoms with van der Waals surface area (Å²) in [5.41, 5.74) is 1.09. The first-order chi connectivity index (χ1) is 11.0. The Labute approximate surface area is 134 Å². The average molecular weight is 326 g/mol. The lowest BCUT2D eigenvalue weighted by molar-refractivity contribution is -0.0398. The van der Waals surface area contributed by atoms with Gasteiger partial charge in [0.05, 0.1) is 11.9 Å². The molecule has 0 aliphatic heterocycles. The van der Waals surface area contributed by atoms with E-state index in [0.717, 1.165) is 6.20 Å². The fourth-order valence-corrected chi connectivity index (χ4v) is 2.62. The van der Waals surface area contributed by atoms with Gasteiger partial charge in [-0.1, -0.05) is 13.8 Å². The van der Waals surface area contributed by atoms with Crippen molar-refractivity contribution in [3.05, 3.63) is 47.7 Å². The van der Waals surface area contributed by atoms with E-state index in [1.165, 1.54) is 12.5 Å². The molecule has 3 nitrogen and oxygen atoms in total. The normalized spacial score (nSPS) is 17.4. The van der Waals surface area contributed by atoms with Crippen LogP contribution in [0.25, 0.3) is 0 Å². The second-order valence-electron chi connectivity index (χ2n) is 5.45. The number of rotatable bonds is 3. The van der Waals surface area contributed by atoms with Crippen molar-refractivity contribution in [3.8, 4) is 0 Å². The summed E-state index contributed by atoms with van der Waals surface area (Å²) in [7, 11) is 0. The van der Waals surface area contributed by atoms with Crippen LogP contribution in [0.4, 0.5) is 13.2 Å². The van der Waals surface area contributed by atoms with Gasteiger partial charge in [0.1, 0.15) is 12.1 Å². The van der Waals surface area contributed by atoms with Crippen LogP contribution in [-0.2, 0) is 6.42 Å². The van der Waals surface area contributed by atoms with E-state index in [1.807, 2.05) is 13.8 Å². The Balaban J connectivity index is 0.000000924. The first-order valence-corrected chi connectivity index (χ1v) is 7.94. The first kappa shape index (κ1) is 17.5. The Kier molecular flexibility index (Phi) is 5.80. The summed E-state index contributed by atoms with van der Waals surface area (Å²) in [6, 6.07) is 1.59. The number of alkyl halides is 2. The van der Waals surface area contributed by atoms with Gasteiger partial charge < -0.3 is 4.42 Å². The maximum Gasteiger partial charge on any atom is 0.248 e. The Bertz CT molecular complexity index is 618. The SMILES string of the molecule is CC.Fc1cnccc1Cc1coc(C2CCC(F)(F)CC2)n1. The molecule has 2 aromatic rings. The highest BCUT2D eigenvalue weighted by atomic mass is 19.3. The van der Waals surface area contributed by atoms with Gasteiger partial charge in [-0.3, -0.25) is 4.98 Å². The highest BCUT2D eigenvalue weighted by Gasteiger charge is 2.36. The fourth-order valence-electron chi connectivity index (χ4n) is 2.62. The summed E-state index contributed by atoms with van der Waals surface area (Å²) in [5.74, 6) is -2.54. The van der Waals surface area contributed by atoms with Gasteiger partial charge in [0.2, 0.25) is 5.92 Å². The summed E-state index contributed by atoms with van der Waals surface area (Å²) in [5, 5.41) is 0. The highest BCUT2D eigenvalue weighted by Crippen LogP contribution is 2.40. The van der Waals surface area contributed by atoms with Crippen LogP contribution >= 0.6 is 0 Å². The van der Waals surface area contributed by atoms with Crippen LogP contribution in [0.5, 0.6) is 0 Å². The largest absolute Gasteiger partial charge is 0.448 e. The first-order valence-electron chi connectivity index (χ1n) is 7.94. The van der Waals surface area contributed by atoms with E-state index in [4.69, 9.17) is 4.42 Å². The third-order valence-corrected chi connectivity index (χ3v) is 3.86. The molecular formula is C17H21F3N2O. The van der Waals surface area contributed by atoms with Gasteiger partial charge in [0, 0.05) is 31.4 Å². The lowest BCUT2D eigenvalue weighted by Gasteiger charge is -2.26. The van der Waals surface area contributed by atoms with Crippen LogP contribution in [0.1, 0.15) is 62.6 Å². The maximum absolute atomic E-state index is 13.5. The molecule has 0 saturated heterocycles. The van der Waals surface area contributed by atoms with Gasteiger partial charge in [-0.2, -0.15) is 0 Å². The van der Waals surface area contributed by atoms with Gasteiger partial charge in [-0.25, -0.2) is 18.2 Å². The van der Waals surface area contributed by atoms with Crippen molar-refractivity contribution < 1.29 is 17.6 Å². The van der Waals surface area contributed by atoms with Crippen LogP contribution in [0.2, 0.25) is 0 Å². The van der Waals surface area contributed by atoms with Crippen LogP contribution < -0.4 is 0 Å². The second kappa shape index (κ2) is 7.62. The minimum Gasteiger partial charge on any atom is -0.448 e. The molecule has 0 unspecified atom stereocenters. The van der Waals surface area contributed by atoms with Crippen LogP contribution in [0, 0.1) is 5.82 Å². The van der Waals surface area contributed by atoms with Gasteiger partial charge in [-0.05, 0) is 24.5 Å². The summed E-state index contributed by atoms with van der Waals surface area (Å²) in [6.45, 7) is 4.00. The predicted octanol–water partition coefficient (Wildman–Crippen LogP) is 5.12. The number of nitrogens with zero attached hydrogens (tertiary/aromatic N) is 2. The molecule has 1 aliphatic rings. The summed E-state index contributed by atoms with van der Waals surface area (Å²) in [6.07, 6.45) is 4.93. The molecule has 23 heavy (non-hydrogen) atoms. The topological polar surface area (TPSA) is 38.9 Å². The molecule has 0 bridgehead atoms. The Morgan fingerprint density at radius 1 is 1.26 bits per heavy atom. The molecule has 0 amide bonds. The van der Waals surface area contributed by atoms with Gasteiger partial charge in [0.25, 0.3) is 0 Å². The van der Waals surface area contributed by atoms with Gasteiger partial charge in [0.15, 0.2) is 5.89 Å². The zero-order valence-electron chi connectivity index (χ0n) is 13.4. The van der Waals surface area contributed by atoms with Crippen molar-refractivity contribution in [3.63, 3.8) is 0 Å². The standard InChI is InChI=1S/C15H15F3N2O.C2H6/c16-13-8-19-6-3-11(13)7-12-9-21-14(20-12)10-1-4-15(17,18)5-2-10;1-2/h3,6,8-10H,1-2,4-5,7H2;1-2H3. The molecule has 0 spiro atoms. The molecule has 6 heteroatoms. The molecule has 0 N–H and O–H groups in total. The molecule has 2 heterocycles. The Morgan fingerprint density at radius 3 is 2.61 bits per heavy atom. The number of hydrogen-bond donors (Lipinski definition) is 0. The van der Waals surface area contributed by atoms with E-state index >= 15 is 0 Å². The van der Waals surface area contributed by atoms with Gasteiger partial charge >= 0.3 is 0 Å². The molecule has 2 aromatic heterocycles. The number of aromatic nitrogens is 2. The van der Waals surface area contributed by atoms with Crippen molar-refractivity contribution in [2.75, 3.05) is 0 Å². The highest BCUT2D eigenvalue weighted by molar-refractivity contribution is 5.19. The van der Waals surface area contributed by atoms with Crippen LogP contribution in [-0.4, -0.2) is 15.9 Å². The van der Waals surface area contributed by atoms with E-state index < -0.39 is 5.92 Å². The minimum atomic E-state index is -2.56. The number of halogens is 3. The van der Waals surface area contributed by atoms with E-state index in [0.29, 0.717) is 36.4 Å². The van der Waals surface area contributed by atoms with E-state index in [2.05, 4.69) is 9.97 Å². The lowest BCUT2D eigenvalue weighted by Crippen LogP contribution is -2.23. The molecule has 0 atom stereocenters. The smallest absolute Gasteiger partial charge is 0.248 e. The van der Waals surface area contributed by atoms with Crippen LogP contribution in [0.15, 0.2) is 29.1 Å². The van der Waals surface area contributed by atoms with Gasteiger partial charge in [-0.15, -0.1) is 0 Å². The van der Waals surface area contributed by atoms with Crippen molar-refractivity contribution in [1.29, 1.82) is 0 Å². The van der Waals surface area contributed by atoms with E-state index in [1.54, 1.807) is 6.07 Å². The lowest BCUT2D eigenvalue weighted by atomic mass is 9.87. The molecule has 1 saturated carbocycles. The van der Waals surface area contributed by atoms with Crippen LogP contribution in [0.3, 0.4) is 0 Å². The molecule has 1 aliphatic carbocycles. The van der Waals surface area contributed by atoms with Crippen molar-refractivity contribution in [2.45, 2.75) is 57.8 Å². The van der Waals surface area contributed by atoms with E-state index in [9.17, 15) is 13.2 Å². The van der Waals surface area contributed by atoms with Crippen molar-refractivity contribution >= 4 is 0 Å². The summed E-state index contributed by atoms with van der Waals surface area (Å²) >= 11 is 0. The Hall–Kier alpha value is -1.85.